The molecule has 62 valence electrons. The monoisotopic (exact) mass is 155 g/mol. The highest BCUT2D eigenvalue weighted by atomic mass is 16.6. The van der Waals surface area contributed by atoms with E-state index in [0.29, 0.717) is 12.1 Å². The molecule has 1 aliphatic heterocycles. The summed E-state index contributed by atoms with van der Waals surface area (Å²) in [7, 11) is 0. The van der Waals surface area contributed by atoms with Crippen LogP contribution in [0.1, 0.15) is 33.1 Å². The Kier molecular flexibility index (Phi) is 2.63. The molecule has 0 radical (unpaired) electrons. The lowest BCUT2D eigenvalue weighted by atomic mass is 10.1. The van der Waals surface area contributed by atoms with Crippen LogP contribution in [0.3, 0.4) is 0 Å². The Balaban J connectivity index is 2.37. The van der Waals surface area contributed by atoms with Gasteiger partial charge in [0.1, 0.15) is 11.8 Å². The van der Waals surface area contributed by atoms with Gasteiger partial charge in [0.25, 0.3) is 0 Å². The largest absolute Gasteiger partial charge is 0.392 e. The molecule has 0 saturated heterocycles. The summed E-state index contributed by atoms with van der Waals surface area (Å²) in [6.45, 7) is 3.62. The number of rotatable bonds is 3. The van der Waals surface area contributed by atoms with Gasteiger partial charge >= 0.3 is 0 Å². The molecule has 11 heavy (non-hydrogen) atoms. The van der Waals surface area contributed by atoms with Gasteiger partial charge in [0.15, 0.2) is 5.78 Å². The van der Waals surface area contributed by atoms with Crippen molar-refractivity contribution in [3.05, 3.63) is 0 Å². The lowest BCUT2D eigenvalue weighted by Gasteiger charge is -2.03. The molecule has 0 saturated carbocycles. The van der Waals surface area contributed by atoms with Crippen LogP contribution in [-0.2, 0) is 9.63 Å². The van der Waals surface area contributed by atoms with E-state index < -0.39 is 0 Å². The second-order valence-electron chi connectivity index (χ2n) is 2.81. The Hall–Kier alpha value is -0.860. The third-order valence-electron chi connectivity index (χ3n) is 1.75. The first-order chi connectivity index (χ1) is 5.24. The third-order valence-corrected chi connectivity index (χ3v) is 1.75. The summed E-state index contributed by atoms with van der Waals surface area (Å²) in [4.78, 5) is 15.8. The number of nitrogens with zero attached hydrogens (tertiary/aromatic N) is 1. The van der Waals surface area contributed by atoms with E-state index in [0.717, 1.165) is 12.8 Å². The summed E-state index contributed by atoms with van der Waals surface area (Å²) in [6.07, 6.45) is 2.91. The zero-order valence-electron chi connectivity index (χ0n) is 6.96. The minimum atomic E-state index is 0.0311. The zero-order chi connectivity index (χ0) is 8.27. The van der Waals surface area contributed by atoms with E-state index in [1.54, 1.807) is 0 Å². The highest BCUT2D eigenvalue weighted by Gasteiger charge is 2.22. The molecule has 0 bridgehead atoms. The van der Waals surface area contributed by atoms with E-state index in [1.807, 2.05) is 0 Å². The average molecular weight is 155 g/mol. The van der Waals surface area contributed by atoms with E-state index in [2.05, 4.69) is 12.1 Å². The van der Waals surface area contributed by atoms with Crippen LogP contribution in [0.25, 0.3) is 0 Å². The smallest absolute Gasteiger partial charge is 0.177 e. The molecule has 0 fully saturated rings. The van der Waals surface area contributed by atoms with Crippen molar-refractivity contribution in [1.29, 1.82) is 0 Å². The Morgan fingerprint density at radius 1 is 1.82 bits per heavy atom. The molecule has 1 unspecified atom stereocenters. The molecule has 3 nitrogen and oxygen atoms in total. The summed E-state index contributed by atoms with van der Waals surface area (Å²) in [5, 5.41) is 3.70. The van der Waals surface area contributed by atoms with E-state index >= 15 is 0 Å². The van der Waals surface area contributed by atoms with Crippen molar-refractivity contribution in [2.75, 3.05) is 0 Å². The number of Topliss-reactive ketones (excluding diaryl/α,β-unsaturated/α-hetero) is 1. The fourth-order valence-electron chi connectivity index (χ4n) is 1.11. The van der Waals surface area contributed by atoms with E-state index in [-0.39, 0.29) is 11.9 Å². The Morgan fingerprint density at radius 2 is 2.55 bits per heavy atom. The lowest BCUT2D eigenvalue weighted by molar-refractivity contribution is -0.111. The minimum Gasteiger partial charge on any atom is -0.392 e. The summed E-state index contributed by atoms with van der Waals surface area (Å²) in [5.41, 5.74) is 0.587. The number of carbonyl (C=O) groups excluding carboxylic acids is 1. The normalized spacial score (nSPS) is 22.7. The third kappa shape index (κ3) is 2.03. The van der Waals surface area contributed by atoms with Gasteiger partial charge in [0.05, 0.1) is 0 Å². The van der Waals surface area contributed by atoms with E-state index in [1.165, 1.54) is 6.92 Å². The Labute approximate surface area is 66.4 Å². The van der Waals surface area contributed by atoms with Gasteiger partial charge in [0.2, 0.25) is 0 Å². The van der Waals surface area contributed by atoms with Crippen LogP contribution in [-0.4, -0.2) is 17.6 Å². The Bertz CT molecular complexity index is 187. The maximum atomic E-state index is 10.8. The molecular formula is C8H13NO2. The molecule has 1 rings (SSSR count). The maximum Gasteiger partial charge on any atom is 0.177 e. The number of ketones is 1. The molecule has 0 aromatic heterocycles. The number of hydrogen-bond acceptors (Lipinski definition) is 3. The number of hydrogen-bond donors (Lipinski definition) is 0. The molecular weight excluding hydrogens is 142 g/mol. The van der Waals surface area contributed by atoms with Gasteiger partial charge in [-0.15, -0.1) is 0 Å². The molecule has 0 spiro atoms. The fourth-order valence-corrected chi connectivity index (χ4v) is 1.11. The van der Waals surface area contributed by atoms with Crippen molar-refractivity contribution < 1.29 is 9.63 Å². The van der Waals surface area contributed by atoms with Gasteiger partial charge in [-0.05, 0) is 6.42 Å². The number of carbonyl (C=O) groups is 1. The summed E-state index contributed by atoms with van der Waals surface area (Å²) >= 11 is 0. The summed E-state index contributed by atoms with van der Waals surface area (Å²) < 4.78 is 0. The summed E-state index contributed by atoms with van der Waals surface area (Å²) in [5.74, 6) is 0.0311. The van der Waals surface area contributed by atoms with Crippen LogP contribution in [0.2, 0.25) is 0 Å². The fraction of sp³-hybridized carbons (Fsp3) is 0.750. The molecule has 0 N–H and O–H groups in total. The van der Waals surface area contributed by atoms with Crippen molar-refractivity contribution in [2.45, 2.75) is 39.2 Å². The predicted octanol–water partition coefficient (Wildman–Crippen LogP) is 1.52. The van der Waals surface area contributed by atoms with Gasteiger partial charge in [0, 0.05) is 13.3 Å². The first-order valence-corrected chi connectivity index (χ1v) is 3.97. The van der Waals surface area contributed by atoms with Crippen LogP contribution >= 0.6 is 0 Å². The predicted molar refractivity (Wildman–Crippen MR) is 42.5 cm³/mol. The highest BCUT2D eigenvalue weighted by molar-refractivity contribution is 6.39. The standard InChI is InChI=1S/C8H13NO2/c1-3-4-7-5-8(6(2)10)9-11-7/h7H,3-5H2,1-2H3. The molecule has 0 aliphatic carbocycles. The van der Waals surface area contributed by atoms with Crippen molar-refractivity contribution in [2.24, 2.45) is 5.16 Å². The number of oxime groups is 1. The molecule has 0 amide bonds. The van der Waals surface area contributed by atoms with Crippen LogP contribution in [0.5, 0.6) is 0 Å². The molecule has 1 heterocycles. The first-order valence-electron chi connectivity index (χ1n) is 3.97. The van der Waals surface area contributed by atoms with Gasteiger partial charge in [-0.25, -0.2) is 0 Å². The average Bonchev–Trinajstić information content (AvgIpc) is 2.37. The van der Waals surface area contributed by atoms with Crippen molar-refractivity contribution in [3.8, 4) is 0 Å². The molecule has 0 aromatic rings. The van der Waals surface area contributed by atoms with Crippen molar-refractivity contribution >= 4 is 11.5 Å². The van der Waals surface area contributed by atoms with E-state index in [9.17, 15) is 4.79 Å². The Morgan fingerprint density at radius 3 is 3.00 bits per heavy atom. The molecule has 1 atom stereocenters. The minimum absolute atomic E-state index is 0.0311. The second-order valence-corrected chi connectivity index (χ2v) is 2.81. The maximum absolute atomic E-state index is 10.8. The first kappa shape index (κ1) is 8.24. The molecule has 1 aliphatic rings. The van der Waals surface area contributed by atoms with Crippen LogP contribution < -0.4 is 0 Å². The van der Waals surface area contributed by atoms with Gasteiger partial charge < -0.3 is 4.84 Å². The van der Waals surface area contributed by atoms with Crippen LogP contribution in [0.4, 0.5) is 0 Å². The summed E-state index contributed by atoms with van der Waals surface area (Å²) in [6, 6.07) is 0. The highest BCUT2D eigenvalue weighted by Crippen LogP contribution is 2.15. The van der Waals surface area contributed by atoms with E-state index in [4.69, 9.17) is 4.84 Å². The quantitative estimate of drug-likeness (QED) is 0.619. The van der Waals surface area contributed by atoms with Crippen molar-refractivity contribution in [3.63, 3.8) is 0 Å². The van der Waals surface area contributed by atoms with Gasteiger partial charge in [-0.3, -0.25) is 4.79 Å². The molecule has 3 heteroatoms. The van der Waals surface area contributed by atoms with Gasteiger partial charge in [-0.1, -0.05) is 18.5 Å². The van der Waals surface area contributed by atoms with Crippen molar-refractivity contribution in [1.82, 2.24) is 0 Å². The second kappa shape index (κ2) is 3.51. The van der Waals surface area contributed by atoms with Crippen LogP contribution in [0, 0.1) is 0 Å². The SMILES string of the molecule is CCCC1CC(C(C)=O)=NO1. The zero-order valence-corrected chi connectivity index (χ0v) is 6.96. The lowest BCUT2D eigenvalue weighted by Crippen LogP contribution is -2.11. The molecule has 0 aromatic carbocycles. The van der Waals surface area contributed by atoms with Gasteiger partial charge in [-0.2, -0.15) is 0 Å². The van der Waals surface area contributed by atoms with Crippen LogP contribution in [0.15, 0.2) is 5.16 Å². The topological polar surface area (TPSA) is 38.7 Å².